The van der Waals surface area contributed by atoms with Gasteiger partial charge in [0.2, 0.25) is 0 Å². The van der Waals surface area contributed by atoms with E-state index in [1.807, 2.05) is 0 Å². The Morgan fingerprint density at radius 2 is 1.95 bits per heavy atom. The number of carboxylic acid groups (broad SMARTS) is 1. The Hall–Kier alpha value is -1.51. The van der Waals surface area contributed by atoms with Gasteiger partial charge in [-0.1, -0.05) is 37.5 Å². The summed E-state index contributed by atoms with van der Waals surface area (Å²) in [6.45, 7) is 0.980. The van der Waals surface area contributed by atoms with E-state index in [1.54, 1.807) is 0 Å². The largest absolute Gasteiger partial charge is 0.481 e. The van der Waals surface area contributed by atoms with Crippen molar-refractivity contribution in [3.63, 3.8) is 0 Å². The van der Waals surface area contributed by atoms with Crippen LogP contribution in [0.4, 0.5) is 5.69 Å². The molecule has 102 valence electrons. The average Bonchev–Trinajstić information content (AvgIpc) is 2.67. The first-order valence-electron chi connectivity index (χ1n) is 7.35. The highest BCUT2D eigenvalue weighted by Gasteiger charge is 2.36. The maximum atomic E-state index is 11.6. The zero-order valence-electron chi connectivity index (χ0n) is 11.2. The molecule has 1 aliphatic carbocycles. The number of benzene rings is 1. The molecule has 0 saturated heterocycles. The quantitative estimate of drug-likeness (QED) is 0.830. The van der Waals surface area contributed by atoms with Crippen LogP contribution >= 0.6 is 0 Å². The van der Waals surface area contributed by atoms with E-state index >= 15 is 0 Å². The monoisotopic (exact) mass is 259 g/mol. The summed E-state index contributed by atoms with van der Waals surface area (Å²) in [5.41, 5.74) is 2.64. The molecule has 1 aromatic rings. The van der Waals surface area contributed by atoms with Crippen molar-refractivity contribution < 1.29 is 9.90 Å². The van der Waals surface area contributed by atoms with Gasteiger partial charge in [0.25, 0.3) is 0 Å². The number of para-hydroxylation sites is 1. The number of fused-ring (bicyclic) bond motifs is 1. The first-order chi connectivity index (χ1) is 9.27. The second-order valence-electron chi connectivity index (χ2n) is 5.72. The van der Waals surface area contributed by atoms with Crippen LogP contribution in [0.5, 0.6) is 0 Å². The molecule has 2 aliphatic rings. The van der Waals surface area contributed by atoms with Crippen molar-refractivity contribution in [2.24, 2.45) is 5.92 Å². The highest BCUT2D eigenvalue weighted by atomic mass is 16.4. The van der Waals surface area contributed by atoms with Gasteiger partial charge in [-0.25, -0.2) is 0 Å². The molecular weight excluding hydrogens is 238 g/mol. The van der Waals surface area contributed by atoms with Gasteiger partial charge in [0.05, 0.1) is 5.92 Å². The summed E-state index contributed by atoms with van der Waals surface area (Å²) in [5.74, 6) is -0.815. The van der Waals surface area contributed by atoms with Crippen molar-refractivity contribution in [1.29, 1.82) is 0 Å². The van der Waals surface area contributed by atoms with Gasteiger partial charge in [0.1, 0.15) is 0 Å². The molecule has 1 fully saturated rings. The maximum absolute atomic E-state index is 11.6. The number of hydrogen-bond acceptors (Lipinski definition) is 2. The molecule has 0 radical (unpaired) electrons. The first kappa shape index (κ1) is 12.5. The van der Waals surface area contributed by atoms with Gasteiger partial charge in [0, 0.05) is 18.3 Å². The molecule has 2 unspecified atom stereocenters. The molecule has 3 heteroatoms. The van der Waals surface area contributed by atoms with E-state index in [4.69, 9.17) is 0 Å². The van der Waals surface area contributed by atoms with Gasteiger partial charge in [-0.2, -0.15) is 0 Å². The fraction of sp³-hybridized carbons (Fsp3) is 0.562. The molecule has 19 heavy (non-hydrogen) atoms. The minimum absolute atomic E-state index is 0.184. The van der Waals surface area contributed by atoms with Gasteiger partial charge in [-0.15, -0.1) is 0 Å². The van der Waals surface area contributed by atoms with Crippen LogP contribution in [0.1, 0.15) is 37.7 Å². The van der Waals surface area contributed by atoms with Crippen molar-refractivity contribution in [2.45, 2.75) is 44.6 Å². The summed E-state index contributed by atoms with van der Waals surface area (Å²) in [6, 6.07) is 8.63. The third-order valence-corrected chi connectivity index (χ3v) is 4.62. The van der Waals surface area contributed by atoms with E-state index in [-0.39, 0.29) is 12.0 Å². The average molecular weight is 259 g/mol. The van der Waals surface area contributed by atoms with E-state index in [0.717, 1.165) is 38.6 Å². The molecule has 0 spiro atoms. The van der Waals surface area contributed by atoms with E-state index in [9.17, 15) is 9.90 Å². The van der Waals surface area contributed by atoms with E-state index in [1.165, 1.54) is 17.7 Å². The Morgan fingerprint density at radius 3 is 2.79 bits per heavy atom. The van der Waals surface area contributed by atoms with Crippen LogP contribution < -0.4 is 4.90 Å². The lowest BCUT2D eigenvalue weighted by Gasteiger charge is -2.33. The number of nitrogens with zero attached hydrogens (tertiary/aromatic N) is 1. The van der Waals surface area contributed by atoms with Crippen LogP contribution in [0.15, 0.2) is 24.3 Å². The number of rotatable bonds is 2. The van der Waals surface area contributed by atoms with Gasteiger partial charge in [-0.05, 0) is 30.9 Å². The highest BCUT2D eigenvalue weighted by molar-refractivity contribution is 5.72. The Balaban J connectivity index is 1.89. The number of anilines is 1. The molecule has 0 amide bonds. The predicted molar refractivity (Wildman–Crippen MR) is 75.5 cm³/mol. The van der Waals surface area contributed by atoms with E-state index in [0.29, 0.717) is 0 Å². The van der Waals surface area contributed by atoms with Crippen LogP contribution in [0.2, 0.25) is 0 Å². The van der Waals surface area contributed by atoms with Crippen molar-refractivity contribution >= 4 is 11.7 Å². The van der Waals surface area contributed by atoms with E-state index in [2.05, 4.69) is 29.2 Å². The smallest absolute Gasteiger partial charge is 0.308 e. The van der Waals surface area contributed by atoms with Gasteiger partial charge in [-0.3, -0.25) is 4.79 Å². The first-order valence-corrected chi connectivity index (χ1v) is 7.35. The summed E-state index contributed by atoms with van der Waals surface area (Å²) in [4.78, 5) is 13.9. The summed E-state index contributed by atoms with van der Waals surface area (Å²) in [7, 11) is 0. The minimum atomic E-state index is -0.615. The molecule has 1 heterocycles. The summed E-state index contributed by atoms with van der Waals surface area (Å²) in [6.07, 6.45) is 6.30. The standard InChI is InChI=1S/C16H21NO2/c18-16(19)13-7-2-1-3-9-15(13)17-11-10-12-6-4-5-8-14(12)17/h4-6,8,13,15H,1-3,7,9-11H2,(H,18,19). The summed E-state index contributed by atoms with van der Waals surface area (Å²) in [5, 5.41) is 9.52. The van der Waals surface area contributed by atoms with Crippen LogP contribution in [0, 0.1) is 5.92 Å². The molecular formula is C16H21NO2. The molecule has 1 aliphatic heterocycles. The second kappa shape index (κ2) is 5.24. The zero-order valence-corrected chi connectivity index (χ0v) is 11.2. The molecule has 0 aromatic heterocycles. The van der Waals surface area contributed by atoms with Crippen molar-refractivity contribution in [3.8, 4) is 0 Å². The molecule has 0 bridgehead atoms. The highest BCUT2D eigenvalue weighted by Crippen LogP contribution is 2.36. The molecule has 1 saturated carbocycles. The number of carboxylic acids is 1. The SMILES string of the molecule is O=C(O)C1CCCCCC1N1CCc2ccccc21. The normalized spacial score (nSPS) is 26.8. The van der Waals surface area contributed by atoms with Crippen LogP contribution in [0.25, 0.3) is 0 Å². The second-order valence-corrected chi connectivity index (χ2v) is 5.72. The Labute approximate surface area is 114 Å². The topological polar surface area (TPSA) is 40.5 Å². The van der Waals surface area contributed by atoms with Crippen LogP contribution in [-0.4, -0.2) is 23.7 Å². The fourth-order valence-corrected chi connectivity index (χ4v) is 3.66. The Kier molecular flexibility index (Phi) is 3.45. The lowest BCUT2D eigenvalue weighted by Crippen LogP contribution is -2.42. The van der Waals surface area contributed by atoms with Gasteiger partial charge in [0.15, 0.2) is 0 Å². The molecule has 1 N–H and O–H groups in total. The van der Waals surface area contributed by atoms with Gasteiger partial charge >= 0.3 is 5.97 Å². The lowest BCUT2D eigenvalue weighted by molar-refractivity contribution is -0.142. The molecule has 1 aromatic carbocycles. The number of aliphatic carboxylic acids is 1. The third-order valence-electron chi connectivity index (χ3n) is 4.62. The minimum Gasteiger partial charge on any atom is -0.481 e. The van der Waals surface area contributed by atoms with E-state index < -0.39 is 5.97 Å². The Morgan fingerprint density at radius 1 is 1.16 bits per heavy atom. The summed E-state index contributed by atoms with van der Waals surface area (Å²) >= 11 is 0. The van der Waals surface area contributed by atoms with Crippen molar-refractivity contribution in [2.75, 3.05) is 11.4 Å². The summed E-state index contributed by atoms with van der Waals surface area (Å²) < 4.78 is 0. The van der Waals surface area contributed by atoms with Gasteiger partial charge < -0.3 is 10.0 Å². The van der Waals surface area contributed by atoms with Crippen molar-refractivity contribution in [1.82, 2.24) is 0 Å². The molecule has 3 nitrogen and oxygen atoms in total. The van der Waals surface area contributed by atoms with Crippen molar-refractivity contribution in [3.05, 3.63) is 29.8 Å². The predicted octanol–water partition coefficient (Wildman–Crippen LogP) is 3.08. The lowest BCUT2D eigenvalue weighted by atomic mass is 9.93. The maximum Gasteiger partial charge on any atom is 0.308 e. The zero-order chi connectivity index (χ0) is 13.2. The Bertz CT molecular complexity index is 472. The van der Waals surface area contributed by atoms with Crippen LogP contribution in [-0.2, 0) is 11.2 Å². The number of carbonyl (C=O) groups is 1. The fourth-order valence-electron chi connectivity index (χ4n) is 3.66. The van der Waals surface area contributed by atoms with Crippen LogP contribution in [0.3, 0.4) is 0 Å². The molecule has 2 atom stereocenters. The number of hydrogen-bond donors (Lipinski definition) is 1. The third kappa shape index (κ3) is 2.34. The molecule has 3 rings (SSSR count).